The second kappa shape index (κ2) is 8.05. The first-order valence-corrected chi connectivity index (χ1v) is 9.10. The summed E-state index contributed by atoms with van der Waals surface area (Å²) >= 11 is 0. The van der Waals surface area contributed by atoms with Gasteiger partial charge in [0.25, 0.3) is 0 Å². The zero-order valence-electron chi connectivity index (χ0n) is 15.0. The zero-order chi connectivity index (χ0) is 18.5. The standard InChI is InChI=1S/C21H22N4O2/c26-20(15-23-18-8-3-5-16-6-4-10-22-21(16)18)24-17-7-1-2-9-19(17)25-11-13-27-14-12-25/h1-10,23H,11-15H2,(H,24,26). The Balaban J connectivity index is 1.44. The minimum absolute atomic E-state index is 0.0938. The summed E-state index contributed by atoms with van der Waals surface area (Å²) in [5, 5.41) is 7.26. The van der Waals surface area contributed by atoms with Crippen LogP contribution >= 0.6 is 0 Å². The van der Waals surface area contributed by atoms with Crippen molar-refractivity contribution < 1.29 is 9.53 Å². The van der Waals surface area contributed by atoms with Crippen LogP contribution < -0.4 is 15.5 Å². The molecule has 0 bridgehead atoms. The highest BCUT2D eigenvalue weighted by atomic mass is 16.5. The van der Waals surface area contributed by atoms with Gasteiger partial charge in [0.1, 0.15) is 0 Å². The van der Waals surface area contributed by atoms with E-state index in [0.29, 0.717) is 13.2 Å². The Morgan fingerprint density at radius 2 is 1.78 bits per heavy atom. The van der Waals surface area contributed by atoms with Gasteiger partial charge in [-0.25, -0.2) is 0 Å². The van der Waals surface area contributed by atoms with E-state index in [-0.39, 0.29) is 12.5 Å². The van der Waals surface area contributed by atoms with E-state index in [1.54, 1.807) is 6.20 Å². The smallest absolute Gasteiger partial charge is 0.243 e. The zero-order valence-corrected chi connectivity index (χ0v) is 15.0. The fourth-order valence-electron chi connectivity index (χ4n) is 3.28. The molecule has 138 valence electrons. The van der Waals surface area contributed by atoms with Gasteiger partial charge >= 0.3 is 0 Å². The van der Waals surface area contributed by atoms with Gasteiger partial charge in [-0.2, -0.15) is 0 Å². The quantitative estimate of drug-likeness (QED) is 0.730. The third kappa shape index (κ3) is 4.01. The third-order valence-corrected chi connectivity index (χ3v) is 4.60. The third-order valence-electron chi connectivity index (χ3n) is 4.60. The number of carbonyl (C=O) groups is 1. The number of nitrogens with zero attached hydrogens (tertiary/aromatic N) is 2. The Labute approximate surface area is 158 Å². The molecule has 1 aliphatic rings. The van der Waals surface area contributed by atoms with E-state index >= 15 is 0 Å². The van der Waals surface area contributed by atoms with Crippen molar-refractivity contribution in [3.8, 4) is 0 Å². The molecule has 6 nitrogen and oxygen atoms in total. The van der Waals surface area contributed by atoms with Crippen LogP contribution in [-0.4, -0.2) is 43.7 Å². The summed E-state index contributed by atoms with van der Waals surface area (Å²) in [5.74, 6) is -0.0938. The van der Waals surface area contributed by atoms with Gasteiger partial charge in [0.15, 0.2) is 0 Å². The maximum atomic E-state index is 12.5. The van der Waals surface area contributed by atoms with E-state index in [1.807, 2.05) is 54.6 Å². The Morgan fingerprint density at radius 3 is 2.67 bits per heavy atom. The number of hydrogen-bond acceptors (Lipinski definition) is 5. The van der Waals surface area contributed by atoms with Gasteiger partial charge in [0, 0.05) is 24.7 Å². The lowest BCUT2D eigenvalue weighted by atomic mass is 10.2. The number of pyridine rings is 1. The van der Waals surface area contributed by atoms with Crippen LogP contribution in [-0.2, 0) is 9.53 Å². The second-order valence-electron chi connectivity index (χ2n) is 6.40. The van der Waals surface area contributed by atoms with Crippen LogP contribution in [0.5, 0.6) is 0 Å². The summed E-state index contributed by atoms with van der Waals surface area (Å²) in [5.41, 5.74) is 3.56. The number of nitrogens with one attached hydrogen (secondary N) is 2. The summed E-state index contributed by atoms with van der Waals surface area (Å²) < 4.78 is 5.42. The predicted octanol–water partition coefficient (Wildman–Crippen LogP) is 3.12. The average Bonchev–Trinajstić information content (AvgIpc) is 2.73. The largest absolute Gasteiger partial charge is 0.378 e. The van der Waals surface area contributed by atoms with Crippen LogP contribution in [0.1, 0.15) is 0 Å². The minimum Gasteiger partial charge on any atom is -0.378 e. The number of para-hydroxylation sites is 3. The summed E-state index contributed by atoms with van der Waals surface area (Å²) in [6, 6.07) is 17.7. The summed E-state index contributed by atoms with van der Waals surface area (Å²) in [6.45, 7) is 3.24. The highest BCUT2D eigenvalue weighted by Gasteiger charge is 2.15. The molecule has 0 spiro atoms. The van der Waals surface area contributed by atoms with Gasteiger partial charge in [-0.05, 0) is 24.3 Å². The van der Waals surface area contributed by atoms with E-state index in [2.05, 4.69) is 20.5 Å². The first-order valence-electron chi connectivity index (χ1n) is 9.10. The summed E-state index contributed by atoms with van der Waals surface area (Å²) in [4.78, 5) is 19.2. The second-order valence-corrected chi connectivity index (χ2v) is 6.40. The Bertz CT molecular complexity index is 933. The molecule has 1 fully saturated rings. The van der Waals surface area contributed by atoms with Gasteiger partial charge < -0.3 is 20.3 Å². The number of fused-ring (bicyclic) bond motifs is 1. The minimum atomic E-state index is -0.0938. The first kappa shape index (κ1) is 17.3. The van der Waals surface area contributed by atoms with Crippen molar-refractivity contribution in [2.75, 3.05) is 48.4 Å². The van der Waals surface area contributed by atoms with Crippen LogP contribution in [0.4, 0.5) is 17.1 Å². The van der Waals surface area contributed by atoms with Crippen LogP contribution in [0.25, 0.3) is 10.9 Å². The van der Waals surface area contributed by atoms with Crippen LogP contribution in [0.2, 0.25) is 0 Å². The lowest BCUT2D eigenvalue weighted by molar-refractivity contribution is -0.114. The van der Waals surface area contributed by atoms with Gasteiger partial charge in [0.2, 0.25) is 5.91 Å². The van der Waals surface area contributed by atoms with Crippen LogP contribution in [0.15, 0.2) is 60.8 Å². The average molecular weight is 362 g/mol. The molecule has 0 aliphatic carbocycles. The number of anilines is 3. The maximum absolute atomic E-state index is 12.5. The summed E-state index contributed by atoms with van der Waals surface area (Å²) in [6.07, 6.45) is 1.76. The molecule has 0 saturated carbocycles. The van der Waals surface area contributed by atoms with Gasteiger partial charge in [-0.1, -0.05) is 30.3 Å². The fourth-order valence-corrected chi connectivity index (χ4v) is 3.28. The number of rotatable bonds is 5. The highest BCUT2D eigenvalue weighted by molar-refractivity contribution is 5.98. The van der Waals surface area contributed by atoms with Crippen molar-refractivity contribution in [3.63, 3.8) is 0 Å². The lowest BCUT2D eigenvalue weighted by Crippen LogP contribution is -2.37. The molecule has 2 heterocycles. The predicted molar refractivity (Wildman–Crippen MR) is 108 cm³/mol. The summed E-state index contributed by atoms with van der Waals surface area (Å²) in [7, 11) is 0. The van der Waals surface area contributed by atoms with Crippen molar-refractivity contribution in [1.29, 1.82) is 0 Å². The molecule has 0 radical (unpaired) electrons. The molecule has 1 aromatic heterocycles. The number of benzene rings is 2. The topological polar surface area (TPSA) is 66.5 Å². The molecule has 2 aromatic carbocycles. The van der Waals surface area contributed by atoms with E-state index in [9.17, 15) is 4.79 Å². The SMILES string of the molecule is O=C(CNc1cccc2cccnc12)Nc1ccccc1N1CCOCC1. The molecule has 1 saturated heterocycles. The van der Waals surface area contributed by atoms with E-state index in [1.165, 1.54) is 0 Å². The number of hydrogen-bond donors (Lipinski definition) is 2. The molecule has 0 unspecified atom stereocenters. The number of ether oxygens (including phenoxy) is 1. The molecule has 0 atom stereocenters. The Hall–Kier alpha value is -3.12. The van der Waals surface area contributed by atoms with Crippen molar-refractivity contribution in [2.45, 2.75) is 0 Å². The molecule has 1 aliphatic heterocycles. The highest BCUT2D eigenvalue weighted by Crippen LogP contribution is 2.26. The Morgan fingerprint density at radius 1 is 1.00 bits per heavy atom. The molecular formula is C21H22N4O2. The molecule has 6 heteroatoms. The molecule has 1 amide bonds. The molecule has 27 heavy (non-hydrogen) atoms. The normalized spacial score (nSPS) is 14.1. The number of carbonyl (C=O) groups excluding carboxylic acids is 1. The number of aromatic nitrogens is 1. The van der Waals surface area contributed by atoms with E-state index in [0.717, 1.165) is 41.1 Å². The van der Waals surface area contributed by atoms with Crippen LogP contribution in [0, 0.1) is 0 Å². The van der Waals surface area contributed by atoms with Crippen molar-refractivity contribution in [2.24, 2.45) is 0 Å². The number of morpholine rings is 1. The van der Waals surface area contributed by atoms with Gasteiger partial charge in [-0.15, -0.1) is 0 Å². The van der Waals surface area contributed by atoms with E-state index in [4.69, 9.17) is 4.74 Å². The van der Waals surface area contributed by atoms with Gasteiger partial charge in [0.05, 0.1) is 42.3 Å². The first-order chi connectivity index (χ1) is 13.3. The lowest BCUT2D eigenvalue weighted by Gasteiger charge is -2.30. The van der Waals surface area contributed by atoms with E-state index < -0.39 is 0 Å². The van der Waals surface area contributed by atoms with Crippen molar-refractivity contribution in [1.82, 2.24) is 4.98 Å². The monoisotopic (exact) mass is 362 g/mol. The number of amides is 1. The van der Waals surface area contributed by atoms with Gasteiger partial charge in [-0.3, -0.25) is 9.78 Å². The molecule has 2 N–H and O–H groups in total. The molecular weight excluding hydrogens is 340 g/mol. The molecule has 4 rings (SSSR count). The van der Waals surface area contributed by atoms with Crippen LogP contribution in [0.3, 0.4) is 0 Å². The Kier molecular flexibility index (Phi) is 5.16. The molecule has 3 aromatic rings. The fraction of sp³-hybridized carbons (Fsp3) is 0.238. The van der Waals surface area contributed by atoms with Crippen molar-refractivity contribution >= 4 is 33.9 Å². The van der Waals surface area contributed by atoms with Crippen molar-refractivity contribution in [3.05, 3.63) is 60.8 Å². The maximum Gasteiger partial charge on any atom is 0.243 e.